The maximum absolute atomic E-state index is 4.94. The van der Waals surface area contributed by atoms with Crippen LogP contribution in [0.2, 0.25) is 0 Å². The van der Waals surface area contributed by atoms with Gasteiger partial charge in [0.1, 0.15) is 0 Å². The summed E-state index contributed by atoms with van der Waals surface area (Å²) in [5.41, 5.74) is 0. The molecular formula is C25H41OY-. The van der Waals surface area contributed by atoms with Crippen molar-refractivity contribution in [2.24, 2.45) is 0 Å². The van der Waals surface area contributed by atoms with Gasteiger partial charge in [0, 0.05) is 45.9 Å². The molecule has 1 nitrogen and oxygen atoms in total. The molecule has 1 saturated heterocycles. The molecule has 0 spiro atoms. The fourth-order valence-corrected chi connectivity index (χ4v) is 3.32. The van der Waals surface area contributed by atoms with Gasteiger partial charge in [-0.1, -0.05) is 69.2 Å². The van der Waals surface area contributed by atoms with Gasteiger partial charge in [0.05, 0.1) is 0 Å². The van der Waals surface area contributed by atoms with E-state index in [4.69, 9.17) is 4.74 Å². The normalized spacial score (nSPS) is 25.6. The molecule has 11 radical (unpaired) electrons. The zero-order valence-electron chi connectivity index (χ0n) is 19.8. The molecule has 2 heteroatoms. The quantitative estimate of drug-likeness (QED) is 0.358. The summed E-state index contributed by atoms with van der Waals surface area (Å²) >= 11 is 0. The first-order valence-electron chi connectivity index (χ1n) is 9.58. The molecule has 27 heavy (non-hydrogen) atoms. The van der Waals surface area contributed by atoms with Crippen LogP contribution in [-0.4, -0.2) is 13.2 Å². The van der Waals surface area contributed by atoms with Crippen LogP contribution in [-0.2, 0) is 37.4 Å². The predicted molar refractivity (Wildman–Crippen MR) is 116 cm³/mol. The minimum Gasteiger partial charge on any atom is -0.381 e. The Morgan fingerprint density at radius 1 is 0.407 bits per heavy atom. The molecule has 2 saturated carbocycles. The van der Waals surface area contributed by atoms with Gasteiger partial charge in [-0.25, -0.2) is 0 Å². The molecule has 0 aromatic carbocycles. The number of rotatable bonds is 0. The third kappa shape index (κ3) is 8.01. The Morgan fingerprint density at radius 3 is 0.630 bits per heavy atom. The summed E-state index contributed by atoms with van der Waals surface area (Å²) < 4.78 is 4.94. The Bertz CT molecular complexity index is 240. The van der Waals surface area contributed by atoms with Crippen molar-refractivity contribution < 1.29 is 37.4 Å². The van der Waals surface area contributed by atoms with Gasteiger partial charge in [0.25, 0.3) is 0 Å². The van der Waals surface area contributed by atoms with E-state index >= 15 is 0 Å². The molecule has 0 aromatic rings. The smallest absolute Gasteiger partial charge is 0.0466 e. The summed E-state index contributed by atoms with van der Waals surface area (Å²) in [6.45, 7) is 24.0. The average molecular weight is 447 g/mol. The van der Waals surface area contributed by atoms with Crippen molar-refractivity contribution >= 4 is 0 Å². The zero-order valence-corrected chi connectivity index (χ0v) is 22.7. The molecule has 0 bridgehead atoms. The van der Waals surface area contributed by atoms with Crippen LogP contribution >= 0.6 is 0 Å². The fourth-order valence-electron chi connectivity index (χ4n) is 3.32. The maximum Gasteiger partial charge on any atom is 0.0466 e. The molecule has 0 aromatic heterocycles. The van der Waals surface area contributed by atoms with Gasteiger partial charge < -0.3 is 12.2 Å². The third-order valence-electron chi connectivity index (χ3n) is 6.45. The van der Waals surface area contributed by atoms with E-state index in [1.165, 1.54) is 72.0 Å². The van der Waals surface area contributed by atoms with Gasteiger partial charge in [-0.2, -0.15) is 0 Å². The predicted octanol–water partition coefficient (Wildman–Crippen LogP) is 7.19. The van der Waals surface area contributed by atoms with Crippen molar-refractivity contribution in [1.29, 1.82) is 0 Å². The second-order valence-corrected chi connectivity index (χ2v) is 7.57. The molecule has 1 heterocycles. The maximum atomic E-state index is 4.94. The van der Waals surface area contributed by atoms with E-state index in [1.807, 2.05) is 0 Å². The Balaban J connectivity index is 0. The van der Waals surface area contributed by atoms with Crippen LogP contribution < -0.4 is 0 Å². The molecular weight excluding hydrogens is 405 g/mol. The van der Waals surface area contributed by atoms with Crippen LogP contribution in [0.15, 0.2) is 0 Å². The monoisotopic (exact) mass is 446 g/mol. The minimum absolute atomic E-state index is 0. The third-order valence-corrected chi connectivity index (χ3v) is 6.45. The van der Waals surface area contributed by atoms with Crippen LogP contribution in [0.1, 0.15) is 82.1 Å². The summed E-state index contributed by atoms with van der Waals surface area (Å²) in [7, 11) is 0. The van der Waals surface area contributed by atoms with Gasteiger partial charge in [0.15, 0.2) is 0 Å². The van der Waals surface area contributed by atoms with Gasteiger partial charge >= 0.3 is 0 Å². The number of hydrogen-bond donors (Lipinski definition) is 0. The second-order valence-electron chi connectivity index (χ2n) is 7.57. The van der Waals surface area contributed by atoms with Crippen LogP contribution in [0.3, 0.4) is 0 Å². The molecule has 0 N–H and O–H groups in total. The fraction of sp³-hybridized carbons (Fsp3) is 0.560. The Labute approximate surface area is 198 Å². The zero-order chi connectivity index (χ0) is 19.3. The Hall–Kier alpha value is 1.06. The topological polar surface area (TPSA) is 9.23 Å². The van der Waals surface area contributed by atoms with Crippen molar-refractivity contribution in [2.75, 3.05) is 13.2 Å². The van der Waals surface area contributed by atoms with Crippen molar-refractivity contribution in [3.05, 3.63) is 66.6 Å². The first-order valence-corrected chi connectivity index (χ1v) is 9.58. The molecule has 3 aliphatic rings. The molecule has 151 valence electrons. The molecule has 3 fully saturated rings. The molecule has 3 rings (SSSR count). The molecule has 0 atom stereocenters. The summed E-state index contributed by atoms with van der Waals surface area (Å²) in [5.74, 6) is 14.7. The van der Waals surface area contributed by atoms with E-state index in [-0.39, 0.29) is 40.1 Å². The van der Waals surface area contributed by atoms with E-state index < -0.39 is 0 Å². The summed E-state index contributed by atoms with van der Waals surface area (Å²) in [4.78, 5) is 0. The summed E-state index contributed by atoms with van der Waals surface area (Å²) in [6, 6.07) is 0. The largest absolute Gasteiger partial charge is 0.381 e. The minimum atomic E-state index is 0. The van der Waals surface area contributed by atoms with Gasteiger partial charge in [-0.05, 0) is 72.0 Å². The van der Waals surface area contributed by atoms with Crippen molar-refractivity contribution in [1.82, 2.24) is 0 Å². The first kappa shape index (κ1) is 30.3. The van der Waals surface area contributed by atoms with Crippen LogP contribution in [0.25, 0.3) is 0 Å². The molecule has 2 aliphatic carbocycles. The molecule has 0 unspecified atom stereocenters. The first-order chi connectivity index (χ1) is 11.6. The van der Waals surface area contributed by atoms with E-state index in [1.54, 1.807) is 0 Å². The van der Waals surface area contributed by atoms with E-state index in [2.05, 4.69) is 69.2 Å². The Morgan fingerprint density at radius 2 is 0.556 bits per heavy atom. The van der Waals surface area contributed by atoms with E-state index in [0.29, 0.717) is 0 Å². The van der Waals surface area contributed by atoms with Gasteiger partial charge in [0.2, 0.25) is 0 Å². The van der Waals surface area contributed by atoms with Crippen LogP contribution in [0.5, 0.6) is 0 Å². The van der Waals surface area contributed by atoms with Crippen LogP contribution in [0.4, 0.5) is 0 Å². The van der Waals surface area contributed by atoms with Gasteiger partial charge in [-0.3, -0.25) is 0 Å². The number of hydrogen-bond acceptors (Lipinski definition) is 1. The molecule has 1 aliphatic heterocycles. The standard InChI is InChI=1S/2C10H15.C4H8O.CH3.Y/c2*1-6-7(2)9(4)10(5)8(6)3;1-2-4-5-3-1;;/h2*1-5H3;1-4H2;1H3;/q;;;-1;. The molecule has 0 amide bonds. The van der Waals surface area contributed by atoms with E-state index in [9.17, 15) is 0 Å². The van der Waals surface area contributed by atoms with E-state index in [0.717, 1.165) is 13.2 Å². The van der Waals surface area contributed by atoms with Crippen LogP contribution in [0, 0.1) is 66.6 Å². The average Bonchev–Trinajstić information content (AvgIpc) is 3.29. The van der Waals surface area contributed by atoms with Crippen molar-refractivity contribution in [2.45, 2.75) is 82.1 Å². The second kappa shape index (κ2) is 14.1. The summed E-state index contributed by atoms with van der Waals surface area (Å²) in [5, 5.41) is 0. The summed E-state index contributed by atoms with van der Waals surface area (Å²) in [6.07, 6.45) is 2.56. The van der Waals surface area contributed by atoms with Gasteiger partial charge in [-0.15, -0.1) is 0 Å². The number of ether oxygens (including phenoxy) is 1. The SMILES string of the molecule is C1CCOC1.C[C]1[C](C)[C](C)[C](C)[C]1C.C[C]1[C](C)[C](C)[C](C)[C]1C.[CH3-].[Y]. The van der Waals surface area contributed by atoms with Crippen molar-refractivity contribution in [3.8, 4) is 0 Å². The Kier molecular flexibility index (Phi) is 15.8. The van der Waals surface area contributed by atoms with Crippen molar-refractivity contribution in [3.63, 3.8) is 0 Å².